The van der Waals surface area contributed by atoms with Crippen molar-refractivity contribution in [1.82, 2.24) is 4.72 Å². The fourth-order valence-corrected chi connectivity index (χ4v) is 2.46. The first kappa shape index (κ1) is 15.4. The zero-order valence-electron chi connectivity index (χ0n) is 10.2. The second kappa shape index (κ2) is 7.08. The van der Waals surface area contributed by atoms with E-state index >= 15 is 0 Å². The lowest BCUT2D eigenvalue weighted by atomic mass is 10.1. The molecule has 1 N–H and O–H groups in total. The predicted molar refractivity (Wildman–Crippen MR) is 73.5 cm³/mol. The summed E-state index contributed by atoms with van der Waals surface area (Å²) in [5.74, 6) is 0.669. The zero-order valence-corrected chi connectivity index (χ0v) is 12.6. The van der Waals surface area contributed by atoms with Gasteiger partial charge in [0.05, 0.1) is 13.2 Å². The van der Waals surface area contributed by atoms with Gasteiger partial charge in [-0.15, -0.1) is 0 Å². The highest BCUT2D eigenvalue weighted by Crippen LogP contribution is 2.26. The first-order valence-corrected chi connectivity index (χ1v) is 8.00. The van der Waals surface area contributed by atoms with Crippen molar-refractivity contribution in [2.45, 2.75) is 6.10 Å². The number of alkyl halides is 1. The van der Waals surface area contributed by atoms with E-state index in [1.54, 1.807) is 13.2 Å². The lowest BCUT2D eigenvalue weighted by Crippen LogP contribution is -2.29. The Labute approximate surface area is 116 Å². The second-order valence-electron chi connectivity index (χ2n) is 3.54. The lowest BCUT2D eigenvalue weighted by molar-refractivity contribution is 0.105. The number of benzene rings is 1. The first-order chi connectivity index (χ1) is 8.54. The molecule has 1 unspecified atom stereocenters. The Bertz CT molecular complexity index is 478. The van der Waals surface area contributed by atoms with Gasteiger partial charge in [-0.2, -0.15) is 0 Å². The molecule has 1 aromatic carbocycles. The SMILES string of the molecule is COc1ccccc1C(CNS(=O)(=O)CBr)OC. The van der Waals surface area contributed by atoms with Crippen LogP contribution in [0, 0.1) is 0 Å². The molecule has 0 heterocycles. The summed E-state index contributed by atoms with van der Waals surface area (Å²) in [4.78, 5) is 0. The summed E-state index contributed by atoms with van der Waals surface area (Å²) >= 11 is 2.91. The molecule has 0 spiro atoms. The molecule has 0 amide bonds. The number of methoxy groups -OCH3 is 2. The maximum Gasteiger partial charge on any atom is 0.221 e. The molecule has 1 aromatic rings. The Morgan fingerprint density at radius 2 is 2.00 bits per heavy atom. The van der Waals surface area contributed by atoms with E-state index in [2.05, 4.69) is 20.7 Å². The summed E-state index contributed by atoms with van der Waals surface area (Å²) < 4.78 is 35.6. The molecule has 0 aliphatic rings. The third-order valence-corrected chi connectivity index (χ3v) is 5.10. The Hall–Kier alpha value is -0.630. The van der Waals surface area contributed by atoms with Crippen molar-refractivity contribution in [3.63, 3.8) is 0 Å². The molecule has 0 saturated carbocycles. The van der Waals surface area contributed by atoms with Crippen LogP contribution in [0.3, 0.4) is 0 Å². The monoisotopic (exact) mass is 337 g/mol. The standard InChI is InChI=1S/C11H16BrNO4S/c1-16-10-6-4-3-5-9(10)11(17-2)7-13-18(14,15)8-12/h3-6,11,13H,7-8H2,1-2H3. The van der Waals surface area contributed by atoms with Gasteiger partial charge in [0.2, 0.25) is 10.0 Å². The molecule has 5 nitrogen and oxygen atoms in total. The van der Waals surface area contributed by atoms with Gasteiger partial charge in [0, 0.05) is 19.2 Å². The third kappa shape index (κ3) is 4.24. The molecule has 0 bridgehead atoms. The van der Waals surface area contributed by atoms with Crippen LogP contribution in [0.4, 0.5) is 0 Å². The van der Waals surface area contributed by atoms with E-state index < -0.39 is 16.1 Å². The number of para-hydroxylation sites is 1. The topological polar surface area (TPSA) is 64.6 Å². The summed E-state index contributed by atoms with van der Waals surface area (Å²) in [6.07, 6.45) is -0.394. The Kier molecular flexibility index (Phi) is 6.07. The van der Waals surface area contributed by atoms with Gasteiger partial charge in [0.25, 0.3) is 0 Å². The van der Waals surface area contributed by atoms with Crippen LogP contribution in [-0.2, 0) is 14.8 Å². The van der Waals surface area contributed by atoms with E-state index in [9.17, 15) is 8.42 Å². The molecule has 0 aliphatic carbocycles. The Morgan fingerprint density at radius 1 is 1.33 bits per heavy atom. The molecular formula is C11H16BrNO4S. The smallest absolute Gasteiger partial charge is 0.221 e. The van der Waals surface area contributed by atoms with Gasteiger partial charge in [-0.05, 0) is 6.07 Å². The summed E-state index contributed by atoms with van der Waals surface area (Å²) in [6.45, 7) is 0.158. The fourth-order valence-electron chi connectivity index (χ4n) is 1.49. The minimum absolute atomic E-state index is 0.137. The number of hydrogen-bond donors (Lipinski definition) is 1. The maximum atomic E-state index is 11.4. The average molecular weight is 338 g/mol. The number of sulfonamides is 1. The van der Waals surface area contributed by atoms with Gasteiger partial charge in [-0.3, -0.25) is 0 Å². The van der Waals surface area contributed by atoms with Gasteiger partial charge in [-0.1, -0.05) is 34.1 Å². The average Bonchev–Trinajstić information content (AvgIpc) is 2.40. The van der Waals surface area contributed by atoms with Crippen LogP contribution in [0.25, 0.3) is 0 Å². The minimum Gasteiger partial charge on any atom is -0.496 e. The molecule has 0 fully saturated rings. The molecule has 7 heteroatoms. The van der Waals surface area contributed by atoms with Crippen molar-refractivity contribution in [1.29, 1.82) is 0 Å². The molecule has 0 radical (unpaired) electrons. The van der Waals surface area contributed by atoms with Crippen molar-refractivity contribution in [3.8, 4) is 5.75 Å². The summed E-state index contributed by atoms with van der Waals surface area (Å²) in [5, 5.41) is 0. The van der Waals surface area contributed by atoms with Crippen LogP contribution in [0.5, 0.6) is 5.75 Å². The molecule has 0 saturated heterocycles. The highest BCUT2D eigenvalue weighted by Gasteiger charge is 2.17. The van der Waals surface area contributed by atoms with Crippen molar-refractivity contribution in [3.05, 3.63) is 29.8 Å². The maximum absolute atomic E-state index is 11.4. The normalized spacial score (nSPS) is 13.3. The molecule has 0 aromatic heterocycles. The summed E-state index contributed by atoms with van der Waals surface area (Å²) in [6, 6.07) is 7.34. The van der Waals surface area contributed by atoms with Crippen molar-refractivity contribution < 1.29 is 17.9 Å². The molecule has 1 atom stereocenters. The van der Waals surface area contributed by atoms with Crippen LogP contribution >= 0.6 is 15.9 Å². The van der Waals surface area contributed by atoms with Gasteiger partial charge >= 0.3 is 0 Å². The highest BCUT2D eigenvalue weighted by molar-refractivity contribution is 9.10. The molecule has 1 rings (SSSR count). The molecule has 0 aliphatic heterocycles. The Morgan fingerprint density at radius 3 is 2.56 bits per heavy atom. The van der Waals surface area contributed by atoms with Gasteiger partial charge in [0.15, 0.2) is 0 Å². The second-order valence-corrected chi connectivity index (χ2v) is 6.65. The van der Waals surface area contributed by atoms with Gasteiger partial charge in [0.1, 0.15) is 10.4 Å². The van der Waals surface area contributed by atoms with Crippen molar-refractivity contribution in [2.75, 3.05) is 25.4 Å². The van der Waals surface area contributed by atoms with Crippen LogP contribution in [0.2, 0.25) is 0 Å². The van der Waals surface area contributed by atoms with Crippen LogP contribution in [-0.4, -0.2) is 33.8 Å². The predicted octanol–water partition coefficient (Wildman–Crippen LogP) is 1.65. The van der Waals surface area contributed by atoms with Crippen LogP contribution < -0.4 is 9.46 Å². The zero-order chi connectivity index (χ0) is 13.6. The molecule has 18 heavy (non-hydrogen) atoms. The minimum atomic E-state index is -3.31. The van der Waals surface area contributed by atoms with E-state index in [1.165, 1.54) is 7.11 Å². The van der Waals surface area contributed by atoms with Gasteiger partial charge in [-0.25, -0.2) is 13.1 Å². The quantitative estimate of drug-likeness (QED) is 0.768. The van der Waals surface area contributed by atoms with E-state index in [1.807, 2.05) is 18.2 Å². The summed E-state index contributed by atoms with van der Waals surface area (Å²) in [7, 11) is -0.215. The van der Waals surface area contributed by atoms with E-state index in [0.29, 0.717) is 5.75 Å². The van der Waals surface area contributed by atoms with Crippen molar-refractivity contribution in [2.24, 2.45) is 0 Å². The summed E-state index contributed by atoms with van der Waals surface area (Å²) in [5.41, 5.74) is 0.805. The first-order valence-electron chi connectivity index (χ1n) is 5.23. The largest absolute Gasteiger partial charge is 0.496 e. The molecule has 102 valence electrons. The van der Waals surface area contributed by atoms with Crippen LogP contribution in [0.15, 0.2) is 24.3 Å². The molecular weight excluding hydrogens is 322 g/mol. The fraction of sp³-hybridized carbons (Fsp3) is 0.455. The Balaban J connectivity index is 2.83. The van der Waals surface area contributed by atoms with Gasteiger partial charge < -0.3 is 9.47 Å². The third-order valence-electron chi connectivity index (χ3n) is 2.40. The number of halogens is 1. The number of nitrogens with one attached hydrogen (secondary N) is 1. The number of ether oxygens (including phenoxy) is 2. The van der Waals surface area contributed by atoms with Crippen LogP contribution in [0.1, 0.15) is 11.7 Å². The van der Waals surface area contributed by atoms with E-state index in [4.69, 9.17) is 9.47 Å². The number of rotatable bonds is 7. The highest BCUT2D eigenvalue weighted by atomic mass is 79.9. The van der Waals surface area contributed by atoms with Crippen molar-refractivity contribution >= 4 is 26.0 Å². The lowest BCUT2D eigenvalue weighted by Gasteiger charge is -2.18. The van der Waals surface area contributed by atoms with E-state index in [0.717, 1.165) is 5.56 Å². The van der Waals surface area contributed by atoms with E-state index in [-0.39, 0.29) is 11.2 Å². The number of hydrogen-bond acceptors (Lipinski definition) is 4.